The normalized spacial score (nSPS) is 19.1. The summed E-state index contributed by atoms with van der Waals surface area (Å²) < 4.78 is 5.66. The van der Waals surface area contributed by atoms with Gasteiger partial charge in [-0.2, -0.15) is 5.26 Å². The van der Waals surface area contributed by atoms with Gasteiger partial charge in [0.05, 0.1) is 6.10 Å². The van der Waals surface area contributed by atoms with Crippen LogP contribution in [-0.2, 0) is 11.3 Å². The Hall–Kier alpha value is -1.44. The molecule has 0 bridgehead atoms. The molecule has 1 saturated heterocycles. The van der Waals surface area contributed by atoms with Crippen molar-refractivity contribution in [3.63, 3.8) is 0 Å². The van der Waals surface area contributed by atoms with Crippen LogP contribution in [0.15, 0.2) is 18.3 Å². The zero-order valence-electron chi connectivity index (χ0n) is 10.8. The molecule has 1 atom stereocenters. The number of hydrogen-bond donors (Lipinski definition) is 0. The summed E-state index contributed by atoms with van der Waals surface area (Å²) in [5.41, 5.74) is 1.63. The fraction of sp³-hybridized carbons (Fsp3) is 0.571. The first kappa shape index (κ1) is 13.0. The smallest absolute Gasteiger partial charge is 0.140 e. The molecular formula is C14H19N3O. The number of aromatic nitrogens is 1. The molecule has 0 aromatic carbocycles. The summed E-state index contributed by atoms with van der Waals surface area (Å²) in [6.07, 6.45) is 4.42. The highest BCUT2D eigenvalue weighted by atomic mass is 16.5. The van der Waals surface area contributed by atoms with Gasteiger partial charge in [0.15, 0.2) is 0 Å². The van der Waals surface area contributed by atoms with E-state index in [1.165, 1.54) is 6.42 Å². The summed E-state index contributed by atoms with van der Waals surface area (Å²) >= 11 is 0. The molecular weight excluding hydrogens is 226 g/mol. The molecule has 0 spiro atoms. The van der Waals surface area contributed by atoms with E-state index in [0.29, 0.717) is 11.8 Å². The van der Waals surface area contributed by atoms with Crippen molar-refractivity contribution in [1.29, 1.82) is 5.26 Å². The van der Waals surface area contributed by atoms with Gasteiger partial charge in [0.1, 0.15) is 11.8 Å². The molecule has 18 heavy (non-hydrogen) atoms. The van der Waals surface area contributed by atoms with Crippen LogP contribution in [-0.4, -0.2) is 35.7 Å². The lowest BCUT2D eigenvalue weighted by Gasteiger charge is -2.23. The molecule has 0 saturated carbocycles. The Bertz CT molecular complexity index is 421. The van der Waals surface area contributed by atoms with E-state index in [1.807, 2.05) is 12.1 Å². The third-order valence-electron chi connectivity index (χ3n) is 3.28. The summed E-state index contributed by atoms with van der Waals surface area (Å²) in [4.78, 5) is 6.34. The second kappa shape index (κ2) is 6.48. The quantitative estimate of drug-likeness (QED) is 0.795. The van der Waals surface area contributed by atoms with E-state index >= 15 is 0 Å². The number of rotatable bonds is 5. The van der Waals surface area contributed by atoms with Gasteiger partial charge in [0.25, 0.3) is 0 Å². The van der Waals surface area contributed by atoms with Crippen molar-refractivity contribution in [2.24, 2.45) is 0 Å². The van der Waals surface area contributed by atoms with Crippen LogP contribution in [0.3, 0.4) is 0 Å². The molecule has 1 fully saturated rings. The van der Waals surface area contributed by atoms with Crippen LogP contribution < -0.4 is 0 Å². The fourth-order valence-electron chi connectivity index (χ4n) is 2.27. The average molecular weight is 245 g/mol. The average Bonchev–Trinajstić information content (AvgIpc) is 2.91. The third-order valence-corrected chi connectivity index (χ3v) is 3.28. The molecule has 0 aliphatic carbocycles. The molecule has 0 radical (unpaired) electrons. The van der Waals surface area contributed by atoms with Crippen LogP contribution in [0.1, 0.15) is 31.0 Å². The van der Waals surface area contributed by atoms with Crippen molar-refractivity contribution in [1.82, 2.24) is 9.88 Å². The van der Waals surface area contributed by atoms with Crippen LogP contribution in [0.4, 0.5) is 0 Å². The van der Waals surface area contributed by atoms with Gasteiger partial charge in [-0.25, -0.2) is 4.98 Å². The van der Waals surface area contributed by atoms with Crippen molar-refractivity contribution in [2.45, 2.75) is 32.4 Å². The predicted molar refractivity (Wildman–Crippen MR) is 68.9 cm³/mol. The van der Waals surface area contributed by atoms with Crippen LogP contribution in [0, 0.1) is 11.3 Å². The van der Waals surface area contributed by atoms with Gasteiger partial charge in [0.2, 0.25) is 0 Å². The number of nitrogens with zero attached hydrogens (tertiary/aromatic N) is 3. The van der Waals surface area contributed by atoms with E-state index in [4.69, 9.17) is 10.00 Å². The van der Waals surface area contributed by atoms with Crippen LogP contribution >= 0.6 is 0 Å². The maximum Gasteiger partial charge on any atom is 0.140 e. The Kier molecular flexibility index (Phi) is 4.68. The summed E-state index contributed by atoms with van der Waals surface area (Å²) in [6, 6.07) is 5.91. The molecule has 0 N–H and O–H groups in total. The second-order valence-electron chi connectivity index (χ2n) is 4.62. The molecule has 1 unspecified atom stereocenters. The van der Waals surface area contributed by atoms with E-state index in [0.717, 1.165) is 38.2 Å². The van der Waals surface area contributed by atoms with Gasteiger partial charge in [-0.15, -0.1) is 0 Å². The van der Waals surface area contributed by atoms with E-state index < -0.39 is 0 Å². The molecule has 2 heterocycles. The number of hydrogen-bond acceptors (Lipinski definition) is 4. The van der Waals surface area contributed by atoms with Gasteiger partial charge < -0.3 is 4.74 Å². The minimum atomic E-state index is 0.377. The number of ether oxygens (including phenoxy) is 1. The summed E-state index contributed by atoms with van der Waals surface area (Å²) in [5.74, 6) is 0. The first-order chi connectivity index (χ1) is 8.81. The molecule has 96 valence electrons. The lowest BCUT2D eigenvalue weighted by atomic mass is 10.2. The first-order valence-corrected chi connectivity index (χ1v) is 6.50. The highest BCUT2D eigenvalue weighted by molar-refractivity contribution is 5.25. The van der Waals surface area contributed by atoms with Crippen LogP contribution in [0.2, 0.25) is 0 Å². The number of nitriles is 1. The largest absolute Gasteiger partial charge is 0.377 e. The van der Waals surface area contributed by atoms with Gasteiger partial charge in [-0.1, -0.05) is 6.92 Å². The van der Waals surface area contributed by atoms with E-state index in [1.54, 1.807) is 6.20 Å². The molecule has 1 aromatic heterocycles. The van der Waals surface area contributed by atoms with E-state index in [-0.39, 0.29) is 0 Å². The van der Waals surface area contributed by atoms with Crippen molar-refractivity contribution < 1.29 is 4.74 Å². The summed E-state index contributed by atoms with van der Waals surface area (Å²) in [7, 11) is 0. The molecule has 2 rings (SSSR count). The van der Waals surface area contributed by atoms with E-state index in [9.17, 15) is 0 Å². The summed E-state index contributed by atoms with van der Waals surface area (Å²) in [6.45, 7) is 5.87. The van der Waals surface area contributed by atoms with Gasteiger partial charge in [0, 0.05) is 25.9 Å². The molecule has 1 aliphatic heterocycles. The minimum absolute atomic E-state index is 0.377. The summed E-state index contributed by atoms with van der Waals surface area (Å²) in [5, 5.41) is 8.84. The lowest BCUT2D eigenvalue weighted by Crippen LogP contribution is -2.31. The topological polar surface area (TPSA) is 49.2 Å². The maximum atomic E-state index is 8.84. The third kappa shape index (κ3) is 3.52. The number of likely N-dealkylation sites (N-methyl/N-ethyl adjacent to an activating group) is 1. The van der Waals surface area contributed by atoms with Crippen molar-refractivity contribution in [2.75, 3.05) is 19.7 Å². The zero-order chi connectivity index (χ0) is 12.8. The standard InChI is InChI=1S/C14H19N3O/c1-2-17(11-14-4-3-7-18-14)10-12-5-6-16-13(8-12)9-15/h5-6,8,14H,2-4,7,10-11H2,1H3. The molecule has 4 nitrogen and oxygen atoms in total. The minimum Gasteiger partial charge on any atom is -0.377 e. The monoisotopic (exact) mass is 245 g/mol. The molecule has 1 aromatic rings. The van der Waals surface area contributed by atoms with Gasteiger partial charge in [-0.05, 0) is 37.1 Å². The Labute approximate surface area is 108 Å². The maximum absolute atomic E-state index is 8.84. The van der Waals surface area contributed by atoms with Gasteiger partial charge >= 0.3 is 0 Å². The second-order valence-corrected chi connectivity index (χ2v) is 4.62. The fourth-order valence-corrected chi connectivity index (χ4v) is 2.27. The number of pyridine rings is 1. The highest BCUT2D eigenvalue weighted by Crippen LogP contribution is 2.15. The predicted octanol–water partition coefficient (Wildman–Crippen LogP) is 1.95. The Morgan fingerprint density at radius 1 is 1.61 bits per heavy atom. The lowest BCUT2D eigenvalue weighted by molar-refractivity contribution is 0.0725. The SMILES string of the molecule is CCN(Cc1ccnc(C#N)c1)CC1CCCO1. The van der Waals surface area contributed by atoms with Gasteiger partial charge in [-0.3, -0.25) is 4.90 Å². The van der Waals surface area contributed by atoms with Crippen molar-refractivity contribution >= 4 is 0 Å². The van der Waals surface area contributed by atoms with Crippen molar-refractivity contribution in [3.8, 4) is 6.07 Å². The molecule has 0 amide bonds. The Morgan fingerprint density at radius 3 is 3.17 bits per heavy atom. The van der Waals surface area contributed by atoms with Crippen molar-refractivity contribution in [3.05, 3.63) is 29.6 Å². The highest BCUT2D eigenvalue weighted by Gasteiger charge is 2.18. The van der Waals surface area contributed by atoms with E-state index in [2.05, 4.69) is 22.9 Å². The Balaban J connectivity index is 1.94. The Morgan fingerprint density at radius 2 is 2.50 bits per heavy atom. The zero-order valence-corrected chi connectivity index (χ0v) is 10.8. The first-order valence-electron chi connectivity index (χ1n) is 6.50. The molecule has 1 aliphatic rings. The molecule has 4 heteroatoms. The van der Waals surface area contributed by atoms with Crippen LogP contribution in [0.25, 0.3) is 0 Å². The van der Waals surface area contributed by atoms with Crippen LogP contribution in [0.5, 0.6) is 0 Å².